The first-order valence-corrected chi connectivity index (χ1v) is 13.2. The Labute approximate surface area is 221 Å². The quantitative estimate of drug-likeness (QED) is 0.217. The number of nitrogens with zero attached hydrogens (tertiary/aromatic N) is 4. The van der Waals surface area contributed by atoms with Crippen LogP contribution in [0.3, 0.4) is 0 Å². The monoisotopic (exact) mass is 529 g/mol. The Morgan fingerprint density at radius 3 is 2.59 bits per heavy atom. The Bertz CT molecular complexity index is 1610. The number of pyridine rings is 1. The van der Waals surface area contributed by atoms with Gasteiger partial charge < -0.3 is 14.6 Å². The zero-order chi connectivity index (χ0) is 25.9. The van der Waals surface area contributed by atoms with Crippen molar-refractivity contribution < 1.29 is 14.3 Å². The summed E-state index contributed by atoms with van der Waals surface area (Å²) in [6.07, 6.45) is 0. The lowest BCUT2D eigenvalue weighted by atomic mass is 10.0. The lowest BCUT2D eigenvalue weighted by molar-refractivity contribution is -0.113. The number of thiophene rings is 1. The number of thioether (sulfide) groups is 1. The van der Waals surface area contributed by atoms with Crippen molar-refractivity contribution in [1.29, 1.82) is 0 Å². The maximum Gasteiger partial charge on any atom is 0.340 e. The van der Waals surface area contributed by atoms with Crippen molar-refractivity contribution in [2.75, 3.05) is 18.2 Å². The normalized spacial score (nSPS) is 11.0. The maximum absolute atomic E-state index is 12.7. The number of ether oxygens (including phenoxy) is 1. The predicted octanol–water partition coefficient (Wildman–Crippen LogP) is 5.58. The number of benzene rings is 2. The number of fused-ring (bicyclic) bond motifs is 1. The van der Waals surface area contributed by atoms with E-state index in [-0.39, 0.29) is 11.7 Å². The van der Waals surface area contributed by atoms with Gasteiger partial charge in [0.05, 0.1) is 29.6 Å². The highest BCUT2D eigenvalue weighted by Crippen LogP contribution is 2.33. The van der Waals surface area contributed by atoms with Crippen LogP contribution in [0.15, 0.2) is 71.9 Å². The first-order valence-electron chi connectivity index (χ1n) is 11.4. The minimum absolute atomic E-state index is 0.107. The number of carbonyl (C=O) groups excluding carboxylic acids is 2. The summed E-state index contributed by atoms with van der Waals surface area (Å²) >= 11 is 2.60. The lowest BCUT2D eigenvalue weighted by Crippen LogP contribution is -2.16. The lowest BCUT2D eigenvalue weighted by Gasteiger charge is -2.10. The number of amides is 1. The van der Waals surface area contributed by atoms with Gasteiger partial charge in [0.1, 0.15) is 5.00 Å². The third-order valence-electron chi connectivity index (χ3n) is 5.71. The Morgan fingerprint density at radius 2 is 1.81 bits per heavy atom. The number of aryl methyl sites for hydroxylation is 1. The second kappa shape index (κ2) is 10.5. The van der Waals surface area contributed by atoms with Gasteiger partial charge in [-0.2, -0.15) is 0 Å². The molecule has 0 aliphatic carbocycles. The molecule has 3 aromatic heterocycles. The molecule has 0 radical (unpaired) electrons. The standard InChI is InChI=1S/C27H23N5O3S2/c1-16-13-20(26(34)35-3)25(37-16)29-23(33)15-36-27-31-30-24(32(27)2)19-14-22(17-9-5-4-6-10-17)28-21-12-8-7-11-18(19)21/h4-14H,15H2,1-3H3,(H,29,33). The number of hydrogen-bond acceptors (Lipinski definition) is 8. The molecule has 37 heavy (non-hydrogen) atoms. The van der Waals surface area contributed by atoms with E-state index in [9.17, 15) is 9.59 Å². The Hall–Kier alpha value is -4.02. The van der Waals surface area contributed by atoms with Gasteiger partial charge in [0.15, 0.2) is 11.0 Å². The van der Waals surface area contributed by atoms with E-state index >= 15 is 0 Å². The second-order valence-electron chi connectivity index (χ2n) is 8.23. The van der Waals surface area contributed by atoms with E-state index in [0.717, 1.165) is 32.6 Å². The van der Waals surface area contributed by atoms with Crippen LogP contribution in [0.4, 0.5) is 5.00 Å². The van der Waals surface area contributed by atoms with Crippen LogP contribution < -0.4 is 5.32 Å². The highest BCUT2D eigenvalue weighted by molar-refractivity contribution is 7.99. The summed E-state index contributed by atoms with van der Waals surface area (Å²) in [7, 11) is 3.20. The van der Waals surface area contributed by atoms with Crippen molar-refractivity contribution in [3.63, 3.8) is 0 Å². The van der Waals surface area contributed by atoms with Gasteiger partial charge in [-0.15, -0.1) is 21.5 Å². The van der Waals surface area contributed by atoms with Crippen molar-refractivity contribution in [3.05, 3.63) is 77.2 Å². The average molecular weight is 530 g/mol. The maximum atomic E-state index is 12.7. The van der Waals surface area contributed by atoms with Crippen LogP contribution in [0.25, 0.3) is 33.5 Å². The van der Waals surface area contributed by atoms with Gasteiger partial charge in [0.2, 0.25) is 5.91 Å². The summed E-state index contributed by atoms with van der Waals surface area (Å²) in [6, 6.07) is 21.7. The third-order valence-corrected chi connectivity index (χ3v) is 7.69. The zero-order valence-corrected chi connectivity index (χ0v) is 22.0. The van der Waals surface area contributed by atoms with E-state index in [1.54, 1.807) is 6.07 Å². The molecule has 8 nitrogen and oxygen atoms in total. The van der Waals surface area contributed by atoms with Gasteiger partial charge in [-0.1, -0.05) is 60.3 Å². The summed E-state index contributed by atoms with van der Waals surface area (Å²) < 4.78 is 6.69. The van der Waals surface area contributed by atoms with E-state index in [0.29, 0.717) is 21.5 Å². The van der Waals surface area contributed by atoms with Crippen molar-refractivity contribution in [2.24, 2.45) is 7.05 Å². The van der Waals surface area contributed by atoms with Crippen LogP contribution in [0.5, 0.6) is 0 Å². The fourth-order valence-electron chi connectivity index (χ4n) is 3.95. The van der Waals surface area contributed by atoms with E-state index in [4.69, 9.17) is 9.72 Å². The topological polar surface area (TPSA) is 99.0 Å². The molecule has 0 spiro atoms. The van der Waals surface area contributed by atoms with Gasteiger partial charge in [0, 0.05) is 28.4 Å². The zero-order valence-electron chi connectivity index (χ0n) is 20.4. The highest BCUT2D eigenvalue weighted by Gasteiger charge is 2.20. The molecule has 0 bridgehead atoms. The molecule has 0 fully saturated rings. The number of hydrogen-bond donors (Lipinski definition) is 1. The number of nitrogens with one attached hydrogen (secondary N) is 1. The highest BCUT2D eigenvalue weighted by atomic mass is 32.2. The van der Waals surface area contributed by atoms with Crippen LogP contribution in [-0.4, -0.2) is 44.5 Å². The molecule has 0 aliphatic heterocycles. The number of carbonyl (C=O) groups is 2. The van der Waals surface area contributed by atoms with Crippen LogP contribution in [0, 0.1) is 6.92 Å². The van der Waals surface area contributed by atoms with E-state index in [1.165, 1.54) is 30.2 Å². The van der Waals surface area contributed by atoms with Crippen LogP contribution >= 0.6 is 23.1 Å². The molecule has 0 aliphatic rings. The van der Waals surface area contributed by atoms with Gasteiger partial charge in [-0.3, -0.25) is 4.79 Å². The Balaban J connectivity index is 1.39. The van der Waals surface area contributed by atoms with Crippen LogP contribution in [0.1, 0.15) is 15.2 Å². The summed E-state index contributed by atoms with van der Waals surface area (Å²) in [5.41, 5.74) is 3.98. The number of esters is 1. The molecular formula is C27H23N5O3S2. The van der Waals surface area contributed by atoms with Gasteiger partial charge >= 0.3 is 5.97 Å². The van der Waals surface area contributed by atoms with E-state index in [1.807, 2.05) is 79.2 Å². The molecule has 0 atom stereocenters. The summed E-state index contributed by atoms with van der Waals surface area (Å²) in [5, 5.41) is 13.7. The fraction of sp³-hybridized carbons (Fsp3) is 0.148. The van der Waals surface area contributed by atoms with Gasteiger partial charge in [-0.05, 0) is 25.1 Å². The van der Waals surface area contributed by atoms with Crippen molar-refractivity contribution in [1.82, 2.24) is 19.7 Å². The summed E-state index contributed by atoms with van der Waals surface area (Å²) in [6.45, 7) is 1.87. The molecular weight excluding hydrogens is 506 g/mol. The van der Waals surface area contributed by atoms with E-state index < -0.39 is 5.97 Å². The molecule has 0 saturated carbocycles. The van der Waals surface area contributed by atoms with Crippen molar-refractivity contribution in [2.45, 2.75) is 12.1 Å². The average Bonchev–Trinajstić information content (AvgIpc) is 3.48. The molecule has 5 aromatic rings. The molecule has 2 aromatic carbocycles. The minimum atomic E-state index is -0.482. The summed E-state index contributed by atoms with van der Waals surface area (Å²) in [5.74, 6) is 0.0584. The molecule has 5 rings (SSSR count). The molecule has 1 amide bonds. The molecule has 186 valence electrons. The molecule has 1 N–H and O–H groups in total. The fourth-order valence-corrected chi connectivity index (χ4v) is 5.58. The third kappa shape index (κ3) is 5.11. The SMILES string of the molecule is COC(=O)c1cc(C)sc1NC(=O)CSc1nnc(-c2cc(-c3ccccc3)nc3ccccc23)n1C. The molecule has 0 saturated heterocycles. The Kier molecular flexibility index (Phi) is 7.02. The molecule has 10 heteroatoms. The number of anilines is 1. The number of methoxy groups -OCH3 is 1. The predicted molar refractivity (Wildman–Crippen MR) is 147 cm³/mol. The van der Waals surface area contributed by atoms with E-state index in [2.05, 4.69) is 15.5 Å². The second-order valence-corrected chi connectivity index (χ2v) is 10.4. The Morgan fingerprint density at radius 1 is 1.05 bits per heavy atom. The largest absolute Gasteiger partial charge is 0.465 e. The molecule has 0 unspecified atom stereocenters. The number of para-hydroxylation sites is 1. The van der Waals surface area contributed by atoms with Gasteiger partial charge in [0.25, 0.3) is 0 Å². The molecule has 3 heterocycles. The first-order chi connectivity index (χ1) is 17.9. The smallest absolute Gasteiger partial charge is 0.340 e. The van der Waals surface area contributed by atoms with Crippen LogP contribution in [0.2, 0.25) is 0 Å². The van der Waals surface area contributed by atoms with Crippen molar-refractivity contribution in [3.8, 4) is 22.6 Å². The first kappa shape index (κ1) is 24.7. The number of rotatable bonds is 7. The van der Waals surface area contributed by atoms with Crippen LogP contribution in [-0.2, 0) is 16.6 Å². The minimum Gasteiger partial charge on any atom is -0.465 e. The summed E-state index contributed by atoms with van der Waals surface area (Å²) in [4.78, 5) is 30.4. The number of aromatic nitrogens is 4. The van der Waals surface area contributed by atoms with Gasteiger partial charge in [-0.25, -0.2) is 9.78 Å². The van der Waals surface area contributed by atoms with Crippen molar-refractivity contribution >= 4 is 50.9 Å².